The highest BCUT2D eigenvalue weighted by atomic mass is 35.5. The third kappa shape index (κ3) is 3.63. The second-order valence-corrected chi connectivity index (χ2v) is 7.13. The van der Waals surface area contributed by atoms with Gasteiger partial charge in [0.05, 0.1) is 11.5 Å². The number of hydrogen-bond acceptors (Lipinski definition) is 3. The van der Waals surface area contributed by atoms with Crippen molar-refractivity contribution in [2.24, 2.45) is 5.92 Å². The molecule has 1 saturated heterocycles. The Morgan fingerprint density at radius 1 is 1.50 bits per heavy atom. The van der Waals surface area contributed by atoms with Gasteiger partial charge in [-0.25, -0.2) is 8.42 Å². The van der Waals surface area contributed by atoms with Crippen molar-refractivity contribution < 1.29 is 13.2 Å². The summed E-state index contributed by atoms with van der Waals surface area (Å²) in [5, 5.41) is 0. The fourth-order valence-electron chi connectivity index (χ4n) is 1.95. The highest BCUT2D eigenvalue weighted by Crippen LogP contribution is 2.19. The van der Waals surface area contributed by atoms with Gasteiger partial charge >= 0.3 is 0 Å². The Hall–Kier alpha value is -0.290. The molecule has 0 saturated carbocycles. The molecular formula is C10H18ClNO3S. The van der Waals surface area contributed by atoms with E-state index in [1.165, 1.54) is 0 Å². The number of carbonyl (C=O) groups excluding carboxylic acids is 1. The first kappa shape index (κ1) is 13.8. The zero-order chi connectivity index (χ0) is 12.3. The Bertz CT molecular complexity index is 353. The van der Waals surface area contributed by atoms with Crippen LogP contribution in [0.5, 0.6) is 0 Å². The van der Waals surface area contributed by atoms with Gasteiger partial charge in [0.15, 0.2) is 9.84 Å². The average Bonchev–Trinajstić information content (AvgIpc) is 2.53. The van der Waals surface area contributed by atoms with Gasteiger partial charge in [-0.15, -0.1) is 11.6 Å². The third-order valence-electron chi connectivity index (χ3n) is 2.65. The van der Waals surface area contributed by atoms with Crippen molar-refractivity contribution in [2.45, 2.75) is 26.3 Å². The largest absolute Gasteiger partial charge is 0.337 e. The highest BCUT2D eigenvalue weighted by Gasteiger charge is 2.34. The number of carbonyl (C=O) groups is 1. The van der Waals surface area contributed by atoms with E-state index in [2.05, 4.69) is 0 Å². The van der Waals surface area contributed by atoms with E-state index in [9.17, 15) is 13.2 Å². The second-order valence-electron chi connectivity index (χ2n) is 4.63. The summed E-state index contributed by atoms with van der Waals surface area (Å²) in [6.07, 6.45) is 0.539. The van der Waals surface area contributed by atoms with Gasteiger partial charge in [0, 0.05) is 12.6 Å². The van der Waals surface area contributed by atoms with Crippen molar-refractivity contribution >= 4 is 27.3 Å². The summed E-state index contributed by atoms with van der Waals surface area (Å²) in [5.74, 6) is 0.334. The number of halogens is 1. The lowest BCUT2D eigenvalue weighted by Crippen LogP contribution is -2.43. The van der Waals surface area contributed by atoms with Gasteiger partial charge in [-0.05, 0) is 12.3 Å². The van der Waals surface area contributed by atoms with E-state index >= 15 is 0 Å². The Kier molecular flexibility index (Phi) is 4.62. The summed E-state index contributed by atoms with van der Waals surface area (Å²) in [5.41, 5.74) is 0. The van der Waals surface area contributed by atoms with E-state index in [1.54, 1.807) is 4.90 Å². The maximum absolute atomic E-state index is 11.6. The van der Waals surface area contributed by atoms with Crippen molar-refractivity contribution in [3.8, 4) is 0 Å². The molecule has 0 aromatic rings. The molecule has 0 bridgehead atoms. The summed E-state index contributed by atoms with van der Waals surface area (Å²) >= 11 is 5.54. The molecule has 16 heavy (non-hydrogen) atoms. The molecule has 1 fully saturated rings. The summed E-state index contributed by atoms with van der Waals surface area (Å²) < 4.78 is 22.7. The topological polar surface area (TPSA) is 54.5 Å². The first-order chi connectivity index (χ1) is 7.35. The Balaban J connectivity index is 2.74. The molecule has 0 aromatic heterocycles. The fourth-order valence-corrected chi connectivity index (χ4v) is 3.83. The van der Waals surface area contributed by atoms with Crippen molar-refractivity contribution in [3.63, 3.8) is 0 Å². The van der Waals surface area contributed by atoms with E-state index in [-0.39, 0.29) is 29.3 Å². The number of alkyl halides is 1. The standard InChI is InChI=1S/C10H18ClNO3S/c1-8(2)6-12(10(13)5-11)9-3-4-16(14,15)7-9/h8-9H,3-7H2,1-2H3/t9-/m0/s1. The first-order valence-electron chi connectivity index (χ1n) is 5.41. The Morgan fingerprint density at radius 2 is 2.12 bits per heavy atom. The van der Waals surface area contributed by atoms with Crippen molar-refractivity contribution in [1.29, 1.82) is 0 Å². The van der Waals surface area contributed by atoms with Gasteiger partial charge in [0.1, 0.15) is 5.88 Å². The molecular weight excluding hydrogens is 250 g/mol. The molecule has 0 radical (unpaired) electrons. The van der Waals surface area contributed by atoms with Crippen LogP contribution in [-0.2, 0) is 14.6 Å². The summed E-state index contributed by atoms with van der Waals surface area (Å²) in [7, 11) is -2.95. The van der Waals surface area contributed by atoms with Gasteiger partial charge < -0.3 is 4.90 Å². The van der Waals surface area contributed by atoms with Crippen LogP contribution >= 0.6 is 11.6 Å². The van der Waals surface area contributed by atoms with Crippen molar-refractivity contribution in [1.82, 2.24) is 4.90 Å². The molecule has 94 valence electrons. The molecule has 6 heteroatoms. The minimum absolute atomic E-state index is 0.0801. The molecule has 0 unspecified atom stereocenters. The van der Waals surface area contributed by atoms with Crippen LogP contribution in [0.25, 0.3) is 0 Å². The van der Waals surface area contributed by atoms with Crippen LogP contribution in [0.2, 0.25) is 0 Å². The lowest BCUT2D eigenvalue weighted by Gasteiger charge is -2.29. The van der Waals surface area contributed by atoms with E-state index in [0.717, 1.165) is 0 Å². The van der Waals surface area contributed by atoms with E-state index in [1.807, 2.05) is 13.8 Å². The van der Waals surface area contributed by atoms with E-state index in [0.29, 0.717) is 18.9 Å². The molecule has 1 aliphatic heterocycles. The first-order valence-corrected chi connectivity index (χ1v) is 7.77. The maximum Gasteiger partial charge on any atom is 0.237 e. The zero-order valence-electron chi connectivity index (χ0n) is 9.65. The van der Waals surface area contributed by atoms with Crippen LogP contribution in [0.1, 0.15) is 20.3 Å². The van der Waals surface area contributed by atoms with Crippen molar-refractivity contribution in [2.75, 3.05) is 23.9 Å². The number of sulfone groups is 1. The molecule has 1 amide bonds. The lowest BCUT2D eigenvalue weighted by atomic mass is 10.1. The van der Waals surface area contributed by atoms with Crippen LogP contribution in [0.4, 0.5) is 0 Å². The Labute approximate surface area is 102 Å². The van der Waals surface area contributed by atoms with Crippen LogP contribution in [0.3, 0.4) is 0 Å². The van der Waals surface area contributed by atoms with Crippen LogP contribution < -0.4 is 0 Å². The molecule has 1 aliphatic rings. The summed E-state index contributed by atoms with van der Waals surface area (Å²) in [4.78, 5) is 13.3. The molecule has 0 aliphatic carbocycles. The maximum atomic E-state index is 11.6. The molecule has 4 nitrogen and oxygen atoms in total. The van der Waals surface area contributed by atoms with E-state index in [4.69, 9.17) is 11.6 Å². The smallest absolute Gasteiger partial charge is 0.237 e. The van der Waals surface area contributed by atoms with Gasteiger partial charge in [-0.2, -0.15) is 0 Å². The molecule has 1 heterocycles. The lowest BCUT2D eigenvalue weighted by molar-refractivity contribution is -0.130. The predicted molar refractivity (Wildman–Crippen MR) is 64.3 cm³/mol. The minimum Gasteiger partial charge on any atom is -0.337 e. The highest BCUT2D eigenvalue weighted by molar-refractivity contribution is 7.91. The monoisotopic (exact) mass is 267 g/mol. The van der Waals surface area contributed by atoms with Crippen LogP contribution in [0, 0.1) is 5.92 Å². The van der Waals surface area contributed by atoms with Gasteiger partial charge in [0.2, 0.25) is 5.91 Å². The molecule has 0 N–H and O–H groups in total. The SMILES string of the molecule is CC(C)CN(C(=O)CCl)[C@H]1CCS(=O)(=O)C1. The predicted octanol–water partition coefficient (Wildman–Crippen LogP) is 0.897. The minimum atomic E-state index is -2.95. The van der Waals surface area contributed by atoms with Gasteiger partial charge in [-0.1, -0.05) is 13.8 Å². The number of nitrogens with zero attached hydrogens (tertiary/aromatic N) is 1. The number of rotatable bonds is 4. The molecule has 1 rings (SSSR count). The van der Waals surface area contributed by atoms with Gasteiger partial charge in [0.25, 0.3) is 0 Å². The third-order valence-corrected chi connectivity index (χ3v) is 4.62. The fraction of sp³-hybridized carbons (Fsp3) is 0.900. The zero-order valence-corrected chi connectivity index (χ0v) is 11.2. The molecule has 0 aromatic carbocycles. The molecule has 1 atom stereocenters. The summed E-state index contributed by atoms with van der Waals surface area (Å²) in [6.45, 7) is 4.57. The van der Waals surface area contributed by atoms with E-state index < -0.39 is 9.84 Å². The summed E-state index contributed by atoms with van der Waals surface area (Å²) in [6, 6.07) is -0.182. The van der Waals surface area contributed by atoms with Crippen molar-refractivity contribution in [3.05, 3.63) is 0 Å². The van der Waals surface area contributed by atoms with Crippen LogP contribution in [0.15, 0.2) is 0 Å². The van der Waals surface area contributed by atoms with Gasteiger partial charge in [-0.3, -0.25) is 4.79 Å². The normalized spacial score (nSPS) is 23.6. The number of hydrogen-bond donors (Lipinski definition) is 0. The number of amides is 1. The second kappa shape index (κ2) is 5.36. The quantitative estimate of drug-likeness (QED) is 0.711. The average molecular weight is 268 g/mol. The van der Waals surface area contributed by atoms with Crippen LogP contribution in [-0.4, -0.2) is 49.2 Å². The Morgan fingerprint density at radius 3 is 2.50 bits per heavy atom. The molecule has 0 spiro atoms.